The van der Waals surface area contributed by atoms with Gasteiger partial charge in [-0.05, 0) is 53.8 Å². The highest BCUT2D eigenvalue weighted by Gasteiger charge is 2.19. The highest BCUT2D eigenvalue weighted by molar-refractivity contribution is 7.18. The summed E-state index contributed by atoms with van der Waals surface area (Å²) in [5.74, 6) is 0.00820. The lowest BCUT2D eigenvalue weighted by Crippen LogP contribution is -2.49. The number of carbonyl (C=O) groups excluding carboxylic acids is 3. The standard InChI is InChI=1S/C28H26N6O3S/c1-17-3-2-4-21(13-17)33-28(37)32-20-8-5-18(6-9-20)22-16-38-26-19(14-31-27(29)25(22)26)7-10-24(36)34-12-11-30-23(35)15-34/h2-10,13-14,16H,11-12,15H2,1H3,(H2,29,31)(H,30,35)(H2,32,33,37)/b10-7+. The molecule has 10 heteroatoms. The summed E-state index contributed by atoms with van der Waals surface area (Å²) in [7, 11) is 0. The summed E-state index contributed by atoms with van der Waals surface area (Å²) in [4.78, 5) is 42.4. The number of piperazine rings is 1. The van der Waals surface area contributed by atoms with Crippen LogP contribution in [-0.2, 0) is 9.59 Å². The van der Waals surface area contributed by atoms with Gasteiger partial charge >= 0.3 is 6.03 Å². The summed E-state index contributed by atoms with van der Waals surface area (Å²) in [6.07, 6.45) is 4.82. The van der Waals surface area contributed by atoms with E-state index < -0.39 is 0 Å². The average molecular weight is 527 g/mol. The van der Waals surface area contributed by atoms with Crippen LogP contribution in [0.2, 0.25) is 0 Å². The number of carbonyl (C=O) groups is 3. The van der Waals surface area contributed by atoms with Gasteiger partial charge in [0.2, 0.25) is 11.8 Å². The number of nitrogen functional groups attached to an aromatic ring is 1. The molecule has 1 saturated heterocycles. The van der Waals surface area contributed by atoms with Gasteiger partial charge in [0.1, 0.15) is 5.82 Å². The normalized spacial score (nSPS) is 13.5. The molecule has 0 spiro atoms. The lowest BCUT2D eigenvalue weighted by molar-refractivity contribution is -0.134. The molecule has 2 aromatic carbocycles. The van der Waals surface area contributed by atoms with Crippen LogP contribution in [0.3, 0.4) is 0 Å². The Morgan fingerprint density at radius 3 is 2.68 bits per heavy atom. The second kappa shape index (κ2) is 10.7. The minimum atomic E-state index is -0.325. The molecule has 0 aliphatic carbocycles. The third-order valence-corrected chi connectivity index (χ3v) is 7.17. The van der Waals surface area contributed by atoms with Gasteiger partial charge in [0.05, 0.1) is 6.54 Å². The Labute approximate surface area is 223 Å². The maximum Gasteiger partial charge on any atom is 0.323 e. The number of nitrogens with two attached hydrogens (primary N) is 1. The van der Waals surface area contributed by atoms with Crippen molar-refractivity contribution in [3.05, 3.63) is 77.3 Å². The quantitative estimate of drug-likeness (QED) is 0.285. The molecule has 0 radical (unpaired) electrons. The molecule has 0 saturated carbocycles. The minimum absolute atomic E-state index is 0.0557. The van der Waals surface area contributed by atoms with E-state index in [2.05, 4.69) is 20.9 Å². The number of hydrogen-bond donors (Lipinski definition) is 4. The van der Waals surface area contributed by atoms with Crippen LogP contribution in [0.5, 0.6) is 0 Å². The van der Waals surface area contributed by atoms with E-state index in [0.29, 0.717) is 24.6 Å². The number of aromatic nitrogens is 1. The van der Waals surface area contributed by atoms with E-state index in [9.17, 15) is 14.4 Å². The number of nitrogens with one attached hydrogen (secondary N) is 3. The van der Waals surface area contributed by atoms with Crippen LogP contribution in [0, 0.1) is 6.92 Å². The summed E-state index contributed by atoms with van der Waals surface area (Å²) in [5.41, 5.74) is 11.3. The smallest absolute Gasteiger partial charge is 0.323 e. The Morgan fingerprint density at radius 2 is 1.92 bits per heavy atom. The van der Waals surface area contributed by atoms with Crippen molar-refractivity contribution in [1.29, 1.82) is 0 Å². The Morgan fingerprint density at radius 1 is 1.13 bits per heavy atom. The van der Waals surface area contributed by atoms with Crippen molar-refractivity contribution in [2.75, 3.05) is 36.0 Å². The van der Waals surface area contributed by atoms with Gasteiger partial charge in [-0.25, -0.2) is 9.78 Å². The van der Waals surface area contributed by atoms with Crippen LogP contribution in [0.4, 0.5) is 22.0 Å². The molecule has 38 heavy (non-hydrogen) atoms. The first-order chi connectivity index (χ1) is 18.4. The summed E-state index contributed by atoms with van der Waals surface area (Å²) < 4.78 is 0.910. The van der Waals surface area contributed by atoms with Gasteiger partial charge < -0.3 is 26.6 Å². The zero-order chi connectivity index (χ0) is 26.6. The molecule has 2 aromatic heterocycles. The van der Waals surface area contributed by atoms with Crippen molar-refractivity contribution < 1.29 is 14.4 Å². The predicted molar refractivity (Wildman–Crippen MR) is 152 cm³/mol. The zero-order valence-electron chi connectivity index (χ0n) is 20.7. The maximum absolute atomic E-state index is 12.6. The number of pyridine rings is 1. The first kappa shape index (κ1) is 25.0. The molecular formula is C28H26N6O3S. The van der Waals surface area contributed by atoms with Crippen molar-refractivity contribution in [3.63, 3.8) is 0 Å². The third-order valence-electron chi connectivity index (χ3n) is 6.14. The number of anilines is 3. The Kier molecular flexibility index (Phi) is 7.05. The molecule has 4 aromatic rings. The fourth-order valence-electron chi connectivity index (χ4n) is 4.26. The van der Waals surface area contributed by atoms with E-state index in [1.54, 1.807) is 12.3 Å². The van der Waals surface area contributed by atoms with E-state index in [1.165, 1.54) is 22.3 Å². The molecule has 5 N–H and O–H groups in total. The molecule has 1 fully saturated rings. The average Bonchev–Trinajstić information content (AvgIpc) is 3.35. The minimum Gasteiger partial charge on any atom is -0.383 e. The summed E-state index contributed by atoms with van der Waals surface area (Å²) >= 11 is 1.51. The van der Waals surface area contributed by atoms with Crippen LogP contribution < -0.4 is 21.7 Å². The molecule has 192 valence electrons. The fraction of sp³-hybridized carbons (Fsp3) is 0.143. The van der Waals surface area contributed by atoms with Crippen LogP contribution in [0.15, 0.2) is 66.2 Å². The summed E-state index contributed by atoms with van der Waals surface area (Å²) in [6.45, 7) is 2.95. The van der Waals surface area contributed by atoms with Gasteiger partial charge in [0.25, 0.3) is 0 Å². The number of fused-ring (bicyclic) bond motifs is 1. The lowest BCUT2D eigenvalue weighted by Gasteiger charge is -2.25. The second-order valence-corrected chi connectivity index (χ2v) is 9.80. The third kappa shape index (κ3) is 5.50. The van der Waals surface area contributed by atoms with Gasteiger partial charge in [0.15, 0.2) is 0 Å². The van der Waals surface area contributed by atoms with E-state index in [0.717, 1.165) is 38.0 Å². The lowest BCUT2D eigenvalue weighted by atomic mass is 10.0. The topological polar surface area (TPSA) is 129 Å². The van der Waals surface area contributed by atoms with Crippen LogP contribution >= 0.6 is 11.3 Å². The number of thiophene rings is 1. The second-order valence-electron chi connectivity index (χ2n) is 8.92. The summed E-state index contributed by atoms with van der Waals surface area (Å²) in [5, 5.41) is 11.2. The number of amides is 4. The Hall–Kier alpha value is -4.70. The Bertz CT molecular complexity index is 1560. The molecule has 1 aliphatic rings. The molecular weight excluding hydrogens is 500 g/mol. The fourth-order valence-corrected chi connectivity index (χ4v) is 5.34. The molecule has 0 bridgehead atoms. The molecule has 0 atom stereocenters. The van der Waals surface area contributed by atoms with Crippen molar-refractivity contribution >= 4 is 62.5 Å². The monoisotopic (exact) mass is 526 g/mol. The van der Waals surface area contributed by atoms with E-state index in [4.69, 9.17) is 5.73 Å². The van der Waals surface area contributed by atoms with Crippen molar-refractivity contribution in [3.8, 4) is 11.1 Å². The summed E-state index contributed by atoms with van der Waals surface area (Å²) in [6, 6.07) is 14.7. The van der Waals surface area contributed by atoms with Crippen LogP contribution in [-0.4, -0.2) is 47.4 Å². The van der Waals surface area contributed by atoms with Gasteiger partial charge in [-0.2, -0.15) is 0 Å². The largest absolute Gasteiger partial charge is 0.383 e. The number of rotatable bonds is 5. The van der Waals surface area contributed by atoms with E-state index in [1.807, 2.05) is 60.8 Å². The molecule has 0 unspecified atom stereocenters. The van der Waals surface area contributed by atoms with Crippen LogP contribution in [0.1, 0.15) is 11.1 Å². The van der Waals surface area contributed by atoms with Crippen molar-refractivity contribution in [2.24, 2.45) is 0 Å². The van der Waals surface area contributed by atoms with E-state index >= 15 is 0 Å². The van der Waals surface area contributed by atoms with Gasteiger partial charge in [-0.15, -0.1) is 11.3 Å². The van der Waals surface area contributed by atoms with Crippen molar-refractivity contribution in [1.82, 2.24) is 15.2 Å². The first-order valence-electron chi connectivity index (χ1n) is 12.0. The molecule has 5 rings (SSSR count). The Balaban J connectivity index is 1.32. The van der Waals surface area contributed by atoms with Gasteiger partial charge in [-0.1, -0.05) is 24.3 Å². The van der Waals surface area contributed by atoms with E-state index in [-0.39, 0.29) is 24.4 Å². The number of aryl methyl sites for hydroxylation is 1. The number of benzene rings is 2. The molecule has 1 aliphatic heterocycles. The number of urea groups is 1. The SMILES string of the molecule is Cc1cccc(NC(=O)Nc2ccc(-c3csc4c(/C=C/C(=O)N5CCNC(=O)C5)cnc(N)c34)cc2)c1. The highest BCUT2D eigenvalue weighted by Crippen LogP contribution is 2.39. The first-order valence-corrected chi connectivity index (χ1v) is 12.9. The molecule has 9 nitrogen and oxygen atoms in total. The number of nitrogens with zero attached hydrogens (tertiary/aromatic N) is 2. The maximum atomic E-state index is 12.6. The van der Waals surface area contributed by atoms with Gasteiger partial charge in [0, 0.05) is 58.0 Å². The zero-order valence-corrected chi connectivity index (χ0v) is 21.5. The van der Waals surface area contributed by atoms with Crippen LogP contribution in [0.25, 0.3) is 27.3 Å². The van der Waals surface area contributed by atoms with Gasteiger partial charge in [-0.3, -0.25) is 9.59 Å². The van der Waals surface area contributed by atoms with Crippen molar-refractivity contribution in [2.45, 2.75) is 6.92 Å². The number of hydrogen-bond acceptors (Lipinski definition) is 6. The predicted octanol–water partition coefficient (Wildman–Crippen LogP) is 4.47. The molecule has 4 amide bonds. The highest BCUT2D eigenvalue weighted by atomic mass is 32.1. The molecule has 3 heterocycles.